The van der Waals surface area contributed by atoms with Crippen LogP contribution in [0, 0.1) is 10.1 Å². The van der Waals surface area contributed by atoms with Gasteiger partial charge in [-0.25, -0.2) is 4.79 Å². The van der Waals surface area contributed by atoms with Crippen LogP contribution in [0.3, 0.4) is 0 Å². The van der Waals surface area contributed by atoms with Crippen molar-refractivity contribution >= 4 is 34.2 Å². The van der Waals surface area contributed by atoms with E-state index < -0.39 is 35.2 Å². The predicted molar refractivity (Wildman–Crippen MR) is 66.5 cm³/mol. The number of thiophene rings is 1. The molecule has 0 fully saturated rings. The van der Waals surface area contributed by atoms with Crippen LogP contribution >= 0.6 is 11.3 Å². The van der Waals surface area contributed by atoms with Crippen molar-refractivity contribution in [2.24, 2.45) is 0 Å². The molecule has 9 nitrogen and oxygen atoms in total. The molecule has 108 valence electrons. The molecular formula is C10H10N2O7S. The topological polar surface area (TPSA) is 136 Å². The maximum absolute atomic E-state index is 11.7. The Labute approximate surface area is 116 Å². The zero-order valence-corrected chi connectivity index (χ0v) is 11.0. The Morgan fingerprint density at radius 1 is 1.55 bits per heavy atom. The van der Waals surface area contributed by atoms with Gasteiger partial charge in [-0.2, -0.15) is 0 Å². The summed E-state index contributed by atoms with van der Waals surface area (Å²) in [4.78, 5) is 43.5. The summed E-state index contributed by atoms with van der Waals surface area (Å²) in [7, 11) is 1.09. The maximum atomic E-state index is 11.7. The smallest absolute Gasteiger partial charge is 0.326 e. The van der Waals surface area contributed by atoms with Crippen molar-refractivity contribution in [1.82, 2.24) is 5.32 Å². The van der Waals surface area contributed by atoms with E-state index in [0.29, 0.717) is 0 Å². The van der Waals surface area contributed by atoms with Crippen molar-refractivity contribution in [2.75, 3.05) is 7.11 Å². The van der Waals surface area contributed by atoms with Crippen molar-refractivity contribution in [2.45, 2.75) is 12.5 Å². The van der Waals surface area contributed by atoms with Gasteiger partial charge < -0.3 is 15.2 Å². The lowest BCUT2D eigenvalue weighted by molar-refractivity contribution is -0.380. The van der Waals surface area contributed by atoms with E-state index in [-0.39, 0.29) is 10.6 Å². The summed E-state index contributed by atoms with van der Waals surface area (Å²) in [6.45, 7) is 0. The van der Waals surface area contributed by atoms with Crippen LogP contribution in [0.4, 0.5) is 5.00 Å². The van der Waals surface area contributed by atoms with Gasteiger partial charge >= 0.3 is 16.9 Å². The molecule has 0 bridgehead atoms. The largest absolute Gasteiger partial charge is 0.480 e. The first-order valence-electron chi connectivity index (χ1n) is 5.18. The molecule has 1 rings (SSSR count). The molecule has 2 N–H and O–H groups in total. The number of carbonyl (C=O) groups is 3. The van der Waals surface area contributed by atoms with E-state index in [1.807, 2.05) is 0 Å². The monoisotopic (exact) mass is 302 g/mol. The highest BCUT2D eigenvalue weighted by molar-refractivity contribution is 7.13. The molecule has 1 aromatic rings. The van der Waals surface area contributed by atoms with Crippen LogP contribution in [-0.2, 0) is 14.3 Å². The fraction of sp³-hybridized carbons (Fsp3) is 0.300. The molecule has 0 unspecified atom stereocenters. The highest BCUT2D eigenvalue weighted by Gasteiger charge is 2.25. The van der Waals surface area contributed by atoms with Crippen LogP contribution in [0.2, 0.25) is 0 Å². The molecule has 10 heteroatoms. The lowest BCUT2D eigenvalue weighted by atomic mass is 10.2. The van der Waals surface area contributed by atoms with E-state index in [0.717, 1.165) is 24.5 Å². The molecule has 1 amide bonds. The first-order chi connectivity index (χ1) is 9.35. The second-order valence-corrected chi connectivity index (χ2v) is 4.46. The van der Waals surface area contributed by atoms with E-state index in [4.69, 9.17) is 5.11 Å². The minimum atomic E-state index is -1.46. The molecule has 0 radical (unpaired) electrons. The molecule has 1 atom stereocenters. The van der Waals surface area contributed by atoms with Crippen LogP contribution in [0.1, 0.15) is 16.8 Å². The standard InChI is InChI=1S/C10H10N2O7S/c1-19-8(13)3-6(10(15)16)11-9(14)5-2-7(12(17)18)20-4-5/h2,4,6H,3H2,1H3,(H,11,14)(H,15,16)/t6-/m0/s1. The Morgan fingerprint density at radius 2 is 2.20 bits per heavy atom. The lowest BCUT2D eigenvalue weighted by Crippen LogP contribution is -2.42. The number of methoxy groups -OCH3 is 1. The average molecular weight is 302 g/mol. The molecule has 0 aliphatic rings. The SMILES string of the molecule is COC(=O)C[C@H](NC(=O)c1csc([N+](=O)[O-])c1)C(=O)O. The van der Waals surface area contributed by atoms with Gasteiger partial charge in [0, 0.05) is 11.4 Å². The number of carboxylic acids is 1. The number of hydrogen-bond acceptors (Lipinski definition) is 7. The number of carboxylic acid groups (broad SMARTS) is 1. The average Bonchev–Trinajstić information content (AvgIpc) is 2.87. The Balaban J connectivity index is 2.77. The normalized spacial score (nSPS) is 11.4. The van der Waals surface area contributed by atoms with Crippen LogP contribution in [-0.4, -0.2) is 41.0 Å². The summed E-state index contributed by atoms with van der Waals surface area (Å²) in [5.74, 6) is -3.02. The number of hydrogen-bond donors (Lipinski definition) is 2. The van der Waals surface area contributed by atoms with Gasteiger partial charge in [-0.3, -0.25) is 19.7 Å². The maximum Gasteiger partial charge on any atom is 0.326 e. The number of ether oxygens (including phenoxy) is 1. The third kappa shape index (κ3) is 4.02. The molecule has 0 aromatic carbocycles. The molecule has 0 saturated heterocycles. The summed E-state index contributed by atoms with van der Waals surface area (Å²) < 4.78 is 4.31. The first kappa shape index (κ1) is 15.6. The summed E-state index contributed by atoms with van der Waals surface area (Å²) >= 11 is 0.741. The van der Waals surface area contributed by atoms with E-state index in [1.165, 1.54) is 5.38 Å². The lowest BCUT2D eigenvalue weighted by Gasteiger charge is -2.12. The number of nitro groups is 1. The molecule has 1 heterocycles. The number of nitrogens with zero attached hydrogens (tertiary/aromatic N) is 1. The number of esters is 1. The van der Waals surface area contributed by atoms with E-state index in [9.17, 15) is 24.5 Å². The van der Waals surface area contributed by atoms with Gasteiger partial charge in [-0.1, -0.05) is 11.3 Å². The number of nitrogens with one attached hydrogen (secondary N) is 1. The summed E-state index contributed by atoms with van der Waals surface area (Å²) in [6.07, 6.45) is -0.538. The molecule has 1 aromatic heterocycles. The second-order valence-electron chi connectivity index (χ2n) is 3.58. The molecule has 20 heavy (non-hydrogen) atoms. The highest BCUT2D eigenvalue weighted by Crippen LogP contribution is 2.22. The quantitative estimate of drug-likeness (QED) is 0.441. The van der Waals surface area contributed by atoms with Gasteiger partial charge in [0.05, 0.1) is 24.0 Å². The van der Waals surface area contributed by atoms with E-state index >= 15 is 0 Å². The molecular weight excluding hydrogens is 292 g/mol. The fourth-order valence-corrected chi connectivity index (χ4v) is 1.94. The van der Waals surface area contributed by atoms with Crippen LogP contribution in [0.15, 0.2) is 11.4 Å². The molecule has 0 spiro atoms. The molecule has 0 aliphatic carbocycles. The van der Waals surface area contributed by atoms with Crippen molar-refractivity contribution in [3.05, 3.63) is 27.1 Å². The van der Waals surface area contributed by atoms with Gasteiger partial charge in [-0.15, -0.1) is 0 Å². The van der Waals surface area contributed by atoms with Gasteiger partial charge in [0.25, 0.3) is 5.91 Å². The Hall–Kier alpha value is -2.49. The Kier molecular flexibility index (Phi) is 5.15. The summed E-state index contributed by atoms with van der Waals surface area (Å²) in [6, 6.07) is -0.439. The number of carbonyl (C=O) groups excluding carboxylic acids is 2. The van der Waals surface area contributed by atoms with Gasteiger partial charge in [0.1, 0.15) is 6.04 Å². The van der Waals surface area contributed by atoms with Gasteiger partial charge in [0.15, 0.2) is 0 Å². The van der Waals surface area contributed by atoms with Crippen molar-refractivity contribution in [3.63, 3.8) is 0 Å². The Bertz CT molecular complexity index is 554. The molecule has 0 saturated carbocycles. The van der Waals surface area contributed by atoms with Crippen molar-refractivity contribution < 1.29 is 29.2 Å². The minimum Gasteiger partial charge on any atom is -0.480 e. The predicted octanol–water partition coefficient (Wildman–Crippen LogP) is 0.402. The molecule has 0 aliphatic heterocycles. The third-order valence-corrected chi connectivity index (χ3v) is 3.11. The van der Waals surface area contributed by atoms with Gasteiger partial charge in [-0.05, 0) is 0 Å². The number of amides is 1. The van der Waals surface area contributed by atoms with Crippen LogP contribution < -0.4 is 5.32 Å². The van der Waals surface area contributed by atoms with Crippen molar-refractivity contribution in [3.8, 4) is 0 Å². The second kappa shape index (κ2) is 6.61. The number of rotatable bonds is 6. The van der Waals surface area contributed by atoms with Crippen molar-refractivity contribution in [1.29, 1.82) is 0 Å². The minimum absolute atomic E-state index is 0.0437. The summed E-state index contributed by atoms with van der Waals surface area (Å²) in [5.41, 5.74) is -0.0437. The van der Waals surface area contributed by atoms with Gasteiger partial charge in [0.2, 0.25) is 0 Å². The first-order valence-corrected chi connectivity index (χ1v) is 6.06. The zero-order valence-electron chi connectivity index (χ0n) is 10.2. The number of aliphatic carboxylic acids is 1. The fourth-order valence-electron chi connectivity index (χ4n) is 1.23. The van der Waals surface area contributed by atoms with E-state index in [1.54, 1.807) is 0 Å². The summed E-state index contributed by atoms with van der Waals surface area (Å²) in [5, 5.41) is 22.4. The van der Waals surface area contributed by atoms with E-state index in [2.05, 4.69) is 10.1 Å². The third-order valence-electron chi connectivity index (χ3n) is 2.23. The van der Waals surface area contributed by atoms with Crippen LogP contribution in [0.25, 0.3) is 0 Å². The zero-order chi connectivity index (χ0) is 15.3. The highest BCUT2D eigenvalue weighted by atomic mass is 32.1. The Morgan fingerprint density at radius 3 is 2.65 bits per heavy atom. The van der Waals surface area contributed by atoms with Crippen LogP contribution in [0.5, 0.6) is 0 Å².